The normalized spacial score (nSPS) is 11.0. The Balaban J connectivity index is 1.59. The molecule has 21 heavy (non-hydrogen) atoms. The van der Waals surface area contributed by atoms with Crippen molar-refractivity contribution in [1.29, 1.82) is 0 Å². The third kappa shape index (κ3) is 3.35. The lowest BCUT2D eigenvalue weighted by atomic mass is 10.2. The standard InChI is InChI=1S/C15H14FN3O2/c1-10-18-15(21-19-10)9-17-8-13-6-7-14(20-13)11-2-4-12(16)5-3-11/h2-7,17H,8-9H2,1H3. The molecular weight excluding hydrogens is 273 g/mol. The van der Waals surface area contributed by atoms with Crippen molar-refractivity contribution in [1.82, 2.24) is 15.5 Å². The number of aromatic nitrogens is 2. The molecule has 0 radical (unpaired) electrons. The summed E-state index contributed by atoms with van der Waals surface area (Å²) in [5, 5.41) is 6.87. The van der Waals surface area contributed by atoms with Crippen LogP contribution in [0.25, 0.3) is 11.3 Å². The lowest BCUT2D eigenvalue weighted by Crippen LogP contribution is -2.12. The second-order valence-electron chi connectivity index (χ2n) is 4.61. The molecule has 2 heterocycles. The lowest BCUT2D eigenvalue weighted by molar-refractivity contribution is 0.360. The van der Waals surface area contributed by atoms with Crippen LogP contribution in [0.15, 0.2) is 45.3 Å². The van der Waals surface area contributed by atoms with Crippen molar-refractivity contribution in [2.75, 3.05) is 0 Å². The molecule has 2 aromatic heterocycles. The SMILES string of the molecule is Cc1noc(CNCc2ccc(-c3ccc(F)cc3)o2)n1. The van der Waals surface area contributed by atoms with E-state index >= 15 is 0 Å². The molecule has 5 nitrogen and oxygen atoms in total. The van der Waals surface area contributed by atoms with E-state index in [4.69, 9.17) is 8.94 Å². The van der Waals surface area contributed by atoms with Gasteiger partial charge in [-0.2, -0.15) is 4.98 Å². The van der Waals surface area contributed by atoms with Crippen molar-refractivity contribution in [3.8, 4) is 11.3 Å². The van der Waals surface area contributed by atoms with E-state index in [1.165, 1.54) is 12.1 Å². The first-order chi connectivity index (χ1) is 10.2. The molecule has 0 amide bonds. The van der Waals surface area contributed by atoms with Crippen molar-refractivity contribution in [3.63, 3.8) is 0 Å². The summed E-state index contributed by atoms with van der Waals surface area (Å²) in [7, 11) is 0. The molecule has 3 rings (SSSR count). The van der Waals surface area contributed by atoms with E-state index in [0.717, 1.165) is 11.3 Å². The Kier molecular flexibility index (Phi) is 3.79. The molecule has 1 aromatic carbocycles. The highest BCUT2D eigenvalue weighted by Gasteiger charge is 2.06. The van der Waals surface area contributed by atoms with Crippen LogP contribution in [-0.4, -0.2) is 10.1 Å². The predicted molar refractivity (Wildman–Crippen MR) is 73.7 cm³/mol. The minimum atomic E-state index is -0.262. The molecule has 0 fully saturated rings. The lowest BCUT2D eigenvalue weighted by Gasteiger charge is -1.99. The number of furan rings is 1. The van der Waals surface area contributed by atoms with Gasteiger partial charge in [0.1, 0.15) is 17.3 Å². The molecule has 0 aliphatic rings. The van der Waals surface area contributed by atoms with E-state index in [9.17, 15) is 4.39 Å². The van der Waals surface area contributed by atoms with Crippen LogP contribution in [0.3, 0.4) is 0 Å². The number of benzene rings is 1. The zero-order valence-electron chi connectivity index (χ0n) is 11.5. The molecule has 6 heteroatoms. The van der Waals surface area contributed by atoms with Crippen LogP contribution in [-0.2, 0) is 13.1 Å². The predicted octanol–water partition coefficient (Wildman–Crippen LogP) is 3.07. The van der Waals surface area contributed by atoms with Gasteiger partial charge in [0, 0.05) is 5.56 Å². The van der Waals surface area contributed by atoms with Crippen LogP contribution in [0.4, 0.5) is 4.39 Å². The Morgan fingerprint density at radius 1 is 1.10 bits per heavy atom. The summed E-state index contributed by atoms with van der Waals surface area (Å²) in [5.74, 6) is 2.38. The number of hydrogen-bond acceptors (Lipinski definition) is 5. The largest absolute Gasteiger partial charge is 0.460 e. The van der Waals surface area contributed by atoms with Crippen LogP contribution in [0.2, 0.25) is 0 Å². The highest BCUT2D eigenvalue weighted by molar-refractivity contribution is 5.57. The van der Waals surface area contributed by atoms with Crippen molar-refractivity contribution in [2.45, 2.75) is 20.0 Å². The molecule has 0 bridgehead atoms. The maximum Gasteiger partial charge on any atom is 0.240 e. The summed E-state index contributed by atoms with van der Waals surface area (Å²) >= 11 is 0. The Labute approximate surface area is 120 Å². The topological polar surface area (TPSA) is 64.1 Å². The zero-order chi connectivity index (χ0) is 14.7. The van der Waals surface area contributed by atoms with Gasteiger partial charge in [-0.1, -0.05) is 5.16 Å². The van der Waals surface area contributed by atoms with Gasteiger partial charge in [-0.05, 0) is 43.3 Å². The third-order valence-electron chi connectivity index (χ3n) is 2.94. The van der Waals surface area contributed by atoms with E-state index in [2.05, 4.69) is 15.5 Å². The maximum absolute atomic E-state index is 12.9. The highest BCUT2D eigenvalue weighted by atomic mass is 19.1. The molecule has 0 saturated carbocycles. The monoisotopic (exact) mass is 287 g/mol. The van der Waals surface area contributed by atoms with Gasteiger partial charge < -0.3 is 14.3 Å². The molecule has 0 aliphatic carbocycles. The third-order valence-corrected chi connectivity index (χ3v) is 2.94. The van der Waals surface area contributed by atoms with Crippen LogP contribution in [0, 0.1) is 12.7 Å². The number of rotatable bonds is 5. The molecule has 0 aliphatic heterocycles. The number of halogens is 1. The van der Waals surface area contributed by atoms with Gasteiger partial charge in [-0.15, -0.1) is 0 Å². The molecule has 1 N–H and O–H groups in total. The Morgan fingerprint density at radius 2 is 1.90 bits per heavy atom. The maximum atomic E-state index is 12.9. The van der Waals surface area contributed by atoms with E-state index < -0.39 is 0 Å². The smallest absolute Gasteiger partial charge is 0.240 e. The van der Waals surface area contributed by atoms with Gasteiger partial charge in [0.15, 0.2) is 5.82 Å². The fourth-order valence-corrected chi connectivity index (χ4v) is 1.95. The first-order valence-electron chi connectivity index (χ1n) is 6.55. The van der Waals surface area contributed by atoms with E-state index in [1.807, 2.05) is 12.1 Å². The summed E-state index contributed by atoms with van der Waals surface area (Å²) < 4.78 is 23.6. The number of nitrogens with one attached hydrogen (secondary N) is 1. The second kappa shape index (κ2) is 5.88. The fraction of sp³-hybridized carbons (Fsp3) is 0.200. The number of aryl methyl sites for hydroxylation is 1. The summed E-state index contributed by atoms with van der Waals surface area (Å²) in [6.07, 6.45) is 0. The molecule has 0 spiro atoms. The molecule has 0 unspecified atom stereocenters. The highest BCUT2D eigenvalue weighted by Crippen LogP contribution is 2.22. The Hall–Kier alpha value is -2.47. The number of nitrogens with zero attached hydrogens (tertiary/aromatic N) is 2. The van der Waals surface area contributed by atoms with Gasteiger partial charge in [0.2, 0.25) is 5.89 Å². The van der Waals surface area contributed by atoms with Crippen molar-refractivity contribution in [2.24, 2.45) is 0 Å². The van der Waals surface area contributed by atoms with E-state index in [0.29, 0.717) is 30.6 Å². The first kappa shape index (κ1) is 13.5. The molecule has 108 valence electrons. The van der Waals surface area contributed by atoms with Crippen molar-refractivity contribution in [3.05, 3.63) is 59.7 Å². The van der Waals surface area contributed by atoms with Gasteiger partial charge in [0.25, 0.3) is 0 Å². The summed E-state index contributed by atoms with van der Waals surface area (Å²) in [5.41, 5.74) is 0.843. The van der Waals surface area contributed by atoms with Gasteiger partial charge in [-0.3, -0.25) is 0 Å². The molecule has 0 atom stereocenters. The number of hydrogen-bond donors (Lipinski definition) is 1. The van der Waals surface area contributed by atoms with Gasteiger partial charge >= 0.3 is 0 Å². The van der Waals surface area contributed by atoms with Crippen LogP contribution in [0.1, 0.15) is 17.5 Å². The molecular formula is C15H14FN3O2. The van der Waals surface area contributed by atoms with E-state index in [-0.39, 0.29) is 5.82 Å². The zero-order valence-corrected chi connectivity index (χ0v) is 11.5. The quantitative estimate of drug-likeness (QED) is 0.781. The van der Waals surface area contributed by atoms with Crippen LogP contribution >= 0.6 is 0 Å². The minimum Gasteiger partial charge on any atom is -0.460 e. The van der Waals surface area contributed by atoms with Crippen molar-refractivity contribution < 1.29 is 13.3 Å². The Bertz CT molecular complexity index is 719. The van der Waals surface area contributed by atoms with Crippen molar-refractivity contribution >= 4 is 0 Å². The molecule has 0 saturated heterocycles. The van der Waals surface area contributed by atoms with Crippen LogP contribution < -0.4 is 5.32 Å². The first-order valence-corrected chi connectivity index (χ1v) is 6.55. The minimum absolute atomic E-state index is 0.262. The summed E-state index contributed by atoms with van der Waals surface area (Å²) in [6.45, 7) is 2.80. The summed E-state index contributed by atoms with van der Waals surface area (Å²) in [6, 6.07) is 9.94. The second-order valence-corrected chi connectivity index (χ2v) is 4.61. The molecule has 3 aromatic rings. The Morgan fingerprint density at radius 3 is 2.62 bits per heavy atom. The van der Waals surface area contributed by atoms with Gasteiger partial charge in [-0.25, -0.2) is 4.39 Å². The summed E-state index contributed by atoms with van der Waals surface area (Å²) in [4.78, 5) is 4.10. The van der Waals surface area contributed by atoms with E-state index in [1.54, 1.807) is 19.1 Å². The fourth-order valence-electron chi connectivity index (χ4n) is 1.95. The van der Waals surface area contributed by atoms with Crippen LogP contribution in [0.5, 0.6) is 0 Å². The average molecular weight is 287 g/mol. The average Bonchev–Trinajstić information content (AvgIpc) is 3.09. The van der Waals surface area contributed by atoms with Gasteiger partial charge in [0.05, 0.1) is 13.1 Å².